The van der Waals surface area contributed by atoms with Gasteiger partial charge in [0.25, 0.3) is 0 Å². The summed E-state index contributed by atoms with van der Waals surface area (Å²) < 4.78 is 0. The zero-order valence-electron chi connectivity index (χ0n) is 10.1. The molecule has 3 heteroatoms. The lowest BCUT2D eigenvalue weighted by Gasteiger charge is -1.97. The molecule has 3 nitrogen and oxygen atoms in total. The smallest absolute Gasteiger partial charge is 0.307 e. The molecule has 1 fully saturated rings. The Morgan fingerprint density at radius 2 is 2.00 bits per heavy atom. The van der Waals surface area contributed by atoms with Crippen LogP contribution in [0, 0.1) is 28.6 Å². The average molecular weight is 219 g/mol. The minimum Gasteiger partial charge on any atom is -0.481 e. The van der Waals surface area contributed by atoms with Crippen molar-refractivity contribution in [3.05, 3.63) is 23.3 Å². The van der Waals surface area contributed by atoms with E-state index in [4.69, 9.17) is 10.4 Å². The SMILES string of the molecule is CC(C)=C/C(C#N)=C/[C@@H]1[C@@H](C(=O)O)C1(C)C. The van der Waals surface area contributed by atoms with Crippen molar-refractivity contribution in [3.63, 3.8) is 0 Å². The molecule has 1 aliphatic rings. The molecule has 1 aliphatic carbocycles. The molecule has 1 rings (SSSR count). The summed E-state index contributed by atoms with van der Waals surface area (Å²) in [6.07, 6.45) is 3.57. The first-order valence-corrected chi connectivity index (χ1v) is 5.30. The standard InChI is InChI=1S/C13H17NO2/c1-8(2)5-9(7-14)6-10-11(12(15)16)13(10,3)4/h5-6,10-11H,1-4H3,(H,15,16)/b9-6-/t10-,11+/m1/s1. The normalized spacial score (nSPS) is 26.8. The first-order chi connectivity index (χ1) is 7.30. The van der Waals surface area contributed by atoms with Gasteiger partial charge in [-0.1, -0.05) is 25.5 Å². The number of nitrogens with zero attached hydrogens (tertiary/aromatic N) is 1. The maximum Gasteiger partial charge on any atom is 0.307 e. The van der Waals surface area contributed by atoms with Crippen LogP contribution in [0.15, 0.2) is 23.3 Å². The van der Waals surface area contributed by atoms with E-state index in [0.717, 1.165) is 5.57 Å². The average Bonchev–Trinajstić information content (AvgIpc) is 2.66. The van der Waals surface area contributed by atoms with Crippen molar-refractivity contribution in [3.8, 4) is 6.07 Å². The first-order valence-electron chi connectivity index (χ1n) is 5.30. The molecule has 86 valence electrons. The lowest BCUT2D eigenvalue weighted by Crippen LogP contribution is -2.03. The van der Waals surface area contributed by atoms with Crippen LogP contribution in [0.25, 0.3) is 0 Å². The summed E-state index contributed by atoms with van der Waals surface area (Å²) in [6.45, 7) is 7.67. The number of nitriles is 1. The van der Waals surface area contributed by atoms with E-state index in [-0.39, 0.29) is 17.3 Å². The van der Waals surface area contributed by atoms with E-state index < -0.39 is 5.97 Å². The molecule has 1 N–H and O–H groups in total. The van der Waals surface area contributed by atoms with Gasteiger partial charge in [0.2, 0.25) is 0 Å². The van der Waals surface area contributed by atoms with Crippen molar-refractivity contribution in [1.82, 2.24) is 0 Å². The van der Waals surface area contributed by atoms with E-state index in [9.17, 15) is 4.79 Å². The highest BCUT2D eigenvalue weighted by Crippen LogP contribution is 2.59. The molecule has 0 aromatic carbocycles. The highest BCUT2D eigenvalue weighted by Gasteiger charge is 2.60. The van der Waals surface area contributed by atoms with Gasteiger partial charge in [0, 0.05) is 5.57 Å². The Bertz CT molecular complexity index is 406. The molecule has 0 spiro atoms. The Hall–Kier alpha value is -1.56. The Balaban J connectivity index is 2.91. The van der Waals surface area contributed by atoms with Gasteiger partial charge >= 0.3 is 5.97 Å². The second-order valence-electron chi connectivity index (χ2n) is 5.12. The molecule has 16 heavy (non-hydrogen) atoms. The zero-order chi connectivity index (χ0) is 12.5. The number of carbonyl (C=O) groups is 1. The van der Waals surface area contributed by atoms with Crippen molar-refractivity contribution in [1.29, 1.82) is 5.26 Å². The number of aliphatic carboxylic acids is 1. The first kappa shape index (κ1) is 12.5. The molecule has 0 aromatic rings. The molecule has 0 saturated heterocycles. The Morgan fingerprint density at radius 3 is 2.31 bits per heavy atom. The maximum atomic E-state index is 11.0. The second kappa shape index (κ2) is 4.13. The summed E-state index contributed by atoms with van der Waals surface area (Å²) in [4.78, 5) is 11.0. The van der Waals surface area contributed by atoms with Crippen molar-refractivity contribution in [2.24, 2.45) is 17.3 Å². The monoisotopic (exact) mass is 219 g/mol. The van der Waals surface area contributed by atoms with Crippen LogP contribution in [0.2, 0.25) is 0 Å². The van der Waals surface area contributed by atoms with Crippen molar-refractivity contribution in [2.45, 2.75) is 27.7 Å². The fraction of sp³-hybridized carbons (Fsp3) is 0.538. The van der Waals surface area contributed by atoms with E-state index in [0.29, 0.717) is 5.57 Å². The van der Waals surface area contributed by atoms with Crippen LogP contribution >= 0.6 is 0 Å². The predicted molar refractivity (Wildman–Crippen MR) is 61.5 cm³/mol. The third-order valence-corrected chi connectivity index (χ3v) is 3.11. The summed E-state index contributed by atoms with van der Waals surface area (Å²) >= 11 is 0. The number of hydrogen-bond donors (Lipinski definition) is 1. The minimum atomic E-state index is -0.777. The van der Waals surface area contributed by atoms with Gasteiger partial charge in [-0.05, 0) is 31.3 Å². The third-order valence-electron chi connectivity index (χ3n) is 3.11. The molecule has 2 atom stereocenters. The minimum absolute atomic E-state index is 0.0322. The molecule has 0 aromatic heterocycles. The van der Waals surface area contributed by atoms with Gasteiger partial charge in [-0.3, -0.25) is 4.79 Å². The van der Waals surface area contributed by atoms with Crippen molar-refractivity contribution < 1.29 is 9.90 Å². The number of hydrogen-bond acceptors (Lipinski definition) is 2. The molecule has 0 radical (unpaired) electrons. The Kier molecular flexibility index (Phi) is 3.23. The topological polar surface area (TPSA) is 61.1 Å². The van der Waals surface area contributed by atoms with E-state index in [2.05, 4.69) is 6.07 Å². The summed E-state index contributed by atoms with van der Waals surface area (Å²) in [6, 6.07) is 2.09. The van der Waals surface area contributed by atoms with E-state index in [1.165, 1.54) is 0 Å². The lowest BCUT2D eigenvalue weighted by molar-refractivity contribution is -0.139. The molecule has 0 heterocycles. The third kappa shape index (κ3) is 2.33. The zero-order valence-corrected chi connectivity index (χ0v) is 10.1. The molecule has 0 bridgehead atoms. The van der Waals surface area contributed by atoms with Crippen LogP contribution in [-0.4, -0.2) is 11.1 Å². The highest BCUT2D eigenvalue weighted by atomic mass is 16.4. The van der Waals surface area contributed by atoms with Crippen LogP contribution in [0.4, 0.5) is 0 Å². The van der Waals surface area contributed by atoms with Gasteiger partial charge in [-0.25, -0.2) is 0 Å². The van der Waals surface area contributed by atoms with E-state index in [1.54, 1.807) is 12.2 Å². The van der Waals surface area contributed by atoms with Gasteiger partial charge in [0.05, 0.1) is 12.0 Å². The van der Waals surface area contributed by atoms with Crippen LogP contribution < -0.4 is 0 Å². The Morgan fingerprint density at radius 1 is 1.44 bits per heavy atom. The number of carboxylic acids is 1. The predicted octanol–water partition coefficient (Wildman–Crippen LogP) is 2.76. The van der Waals surface area contributed by atoms with Crippen molar-refractivity contribution >= 4 is 5.97 Å². The number of allylic oxidation sites excluding steroid dienone is 4. The molecule has 0 aliphatic heterocycles. The summed E-state index contributed by atoms with van der Waals surface area (Å²) in [5.41, 5.74) is 1.36. The number of carboxylic acid groups (broad SMARTS) is 1. The van der Waals surface area contributed by atoms with E-state index in [1.807, 2.05) is 27.7 Å². The van der Waals surface area contributed by atoms with Gasteiger partial charge in [-0.15, -0.1) is 0 Å². The lowest BCUT2D eigenvalue weighted by atomic mass is 10.1. The molecule has 1 saturated carbocycles. The Labute approximate surface area is 96.1 Å². The summed E-state index contributed by atoms with van der Waals surface area (Å²) in [5.74, 6) is -1.17. The fourth-order valence-corrected chi connectivity index (χ4v) is 2.08. The molecule has 0 unspecified atom stereocenters. The van der Waals surface area contributed by atoms with Crippen LogP contribution in [0.5, 0.6) is 0 Å². The number of rotatable bonds is 3. The summed E-state index contributed by atoms with van der Waals surface area (Å²) in [7, 11) is 0. The van der Waals surface area contributed by atoms with Gasteiger partial charge in [-0.2, -0.15) is 5.26 Å². The maximum absolute atomic E-state index is 11.0. The highest BCUT2D eigenvalue weighted by molar-refractivity contribution is 5.76. The van der Waals surface area contributed by atoms with Gasteiger partial charge in [0.1, 0.15) is 0 Å². The van der Waals surface area contributed by atoms with E-state index >= 15 is 0 Å². The second-order valence-corrected chi connectivity index (χ2v) is 5.12. The molecular weight excluding hydrogens is 202 g/mol. The van der Waals surface area contributed by atoms with Crippen LogP contribution in [0.1, 0.15) is 27.7 Å². The van der Waals surface area contributed by atoms with Gasteiger partial charge in [0.15, 0.2) is 0 Å². The van der Waals surface area contributed by atoms with Crippen molar-refractivity contribution in [2.75, 3.05) is 0 Å². The van der Waals surface area contributed by atoms with Crippen LogP contribution in [-0.2, 0) is 4.79 Å². The largest absolute Gasteiger partial charge is 0.481 e. The fourth-order valence-electron chi connectivity index (χ4n) is 2.08. The summed E-state index contributed by atoms with van der Waals surface area (Å²) in [5, 5.41) is 17.9. The van der Waals surface area contributed by atoms with Gasteiger partial charge < -0.3 is 5.11 Å². The van der Waals surface area contributed by atoms with Crippen LogP contribution in [0.3, 0.4) is 0 Å². The quantitative estimate of drug-likeness (QED) is 0.586. The molecule has 0 amide bonds. The molecular formula is C13H17NO2.